The first-order valence-electron chi connectivity index (χ1n) is 11.9. The van der Waals surface area contributed by atoms with Crippen molar-refractivity contribution in [2.24, 2.45) is 7.05 Å². The maximum Gasteiger partial charge on any atom is 0.159 e. The van der Waals surface area contributed by atoms with Crippen LogP contribution in [0, 0.1) is 0 Å². The summed E-state index contributed by atoms with van der Waals surface area (Å²) in [6, 6.07) is 8.36. The third-order valence-corrected chi connectivity index (χ3v) is 7.47. The summed E-state index contributed by atoms with van der Waals surface area (Å²) in [5.41, 5.74) is 4.86. The van der Waals surface area contributed by atoms with E-state index in [0.717, 1.165) is 53.5 Å². The first-order chi connectivity index (χ1) is 16.6. The number of aromatic nitrogens is 6. The Balaban J connectivity index is 1.22. The van der Waals surface area contributed by atoms with E-state index in [4.69, 9.17) is 0 Å². The highest BCUT2D eigenvalue weighted by Gasteiger charge is 2.44. The monoisotopic (exact) mass is 457 g/mol. The molecule has 4 atom stereocenters. The highest BCUT2D eigenvalue weighted by atomic mass is 19.1. The van der Waals surface area contributed by atoms with E-state index in [1.807, 2.05) is 54.8 Å². The van der Waals surface area contributed by atoms with Crippen molar-refractivity contribution in [2.45, 2.75) is 50.0 Å². The summed E-state index contributed by atoms with van der Waals surface area (Å²) in [6.07, 6.45) is 14.3. The van der Waals surface area contributed by atoms with Crippen LogP contribution in [0.1, 0.15) is 31.7 Å². The van der Waals surface area contributed by atoms with Crippen LogP contribution in [0.3, 0.4) is 0 Å². The van der Waals surface area contributed by atoms with E-state index in [1.54, 1.807) is 10.9 Å². The summed E-state index contributed by atoms with van der Waals surface area (Å²) in [5.74, 6) is 0.661. The molecule has 0 N–H and O–H groups in total. The summed E-state index contributed by atoms with van der Waals surface area (Å²) in [4.78, 5) is 11.5. The van der Waals surface area contributed by atoms with Gasteiger partial charge in [0.25, 0.3) is 0 Å². The highest BCUT2D eigenvalue weighted by molar-refractivity contribution is 5.70. The number of alkyl halides is 1. The van der Waals surface area contributed by atoms with Crippen molar-refractivity contribution in [2.75, 3.05) is 7.05 Å². The Morgan fingerprint density at radius 1 is 0.824 bits per heavy atom. The quantitative estimate of drug-likeness (QED) is 0.450. The minimum atomic E-state index is -0.903. The summed E-state index contributed by atoms with van der Waals surface area (Å²) < 4.78 is 18.9. The van der Waals surface area contributed by atoms with E-state index in [-0.39, 0.29) is 12.1 Å². The number of rotatable bonds is 4. The molecule has 2 aliphatic heterocycles. The van der Waals surface area contributed by atoms with Gasteiger partial charge in [0.15, 0.2) is 5.82 Å². The van der Waals surface area contributed by atoms with Crippen molar-refractivity contribution in [1.29, 1.82) is 0 Å². The van der Waals surface area contributed by atoms with E-state index in [2.05, 4.69) is 44.2 Å². The van der Waals surface area contributed by atoms with E-state index >= 15 is 4.39 Å². The average molecular weight is 458 g/mol. The van der Waals surface area contributed by atoms with Crippen molar-refractivity contribution in [3.8, 4) is 33.6 Å². The second-order valence-electron chi connectivity index (χ2n) is 9.55. The van der Waals surface area contributed by atoms with Gasteiger partial charge in [-0.2, -0.15) is 10.2 Å². The molecule has 2 aliphatic rings. The summed E-state index contributed by atoms with van der Waals surface area (Å²) >= 11 is 0. The third kappa shape index (κ3) is 3.72. The molecule has 2 saturated heterocycles. The van der Waals surface area contributed by atoms with Crippen LogP contribution >= 0.6 is 0 Å². The lowest BCUT2D eigenvalue weighted by Crippen LogP contribution is -2.56. The molecule has 2 unspecified atom stereocenters. The van der Waals surface area contributed by atoms with Gasteiger partial charge in [-0.3, -0.25) is 14.3 Å². The number of hydrogen-bond donors (Lipinski definition) is 0. The van der Waals surface area contributed by atoms with Crippen molar-refractivity contribution < 1.29 is 4.39 Å². The number of piperidine rings is 2. The summed E-state index contributed by atoms with van der Waals surface area (Å²) in [6.45, 7) is 0. The van der Waals surface area contributed by atoms with Crippen LogP contribution < -0.4 is 0 Å². The SMILES string of the molecule is CN1C2CCC[C@H]1C[C@H](n1cc(-c3cnc(-c4cccc(-c5cnn(C)c5)c4)nc3)cn1)C2F. The molecule has 0 radical (unpaired) electrons. The standard InChI is InChI=1S/C26H28FN7/c1-32-15-20(13-30-32)17-5-3-6-18(9-17)26-28-11-19(12-29-26)21-14-31-34(16-21)24-10-22-7-4-8-23(25(24)27)33(22)2/h3,5-6,9,11-16,22-25H,4,7-8,10H2,1-2H3/t22-,23?,24-,25?/m0/s1. The van der Waals surface area contributed by atoms with Gasteiger partial charge < -0.3 is 0 Å². The maximum absolute atomic E-state index is 15.3. The van der Waals surface area contributed by atoms with Gasteiger partial charge in [0, 0.05) is 66.2 Å². The van der Waals surface area contributed by atoms with Gasteiger partial charge >= 0.3 is 0 Å². The van der Waals surface area contributed by atoms with Gasteiger partial charge in [0.1, 0.15) is 6.17 Å². The zero-order chi connectivity index (χ0) is 23.2. The fraction of sp³-hybridized carbons (Fsp3) is 0.385. The largest absolute Gasteiger partial charge is 0.297 e. The fourth-order valence-electron chi connectivity index (χ4n) is 5.53. The zero-order valence-electron chi connectivity index (χ0n) is 19.4. The molecule has 0 aliphatic carbocycles. The Labute approximate surface area is 198 Å². The molecular weight excluding hydrogens is 429 g/mol. The third-order valence-electron chi connectivity index (χ3n) is 7.47. The molecule has 2 bridgehead atoms. The molecule has 2 fully saturated rings. The van der Waals surface area contributed by atoms with Crippen LogP contribution in [0.2, 0.25) is 0 Å². The van der Waals surface area contributed by atoms with Crippen molar-refractivity contribution in [1.82, 2.24) is 34.4 Å². The minimum absolute atomic E-state index is 0.00445. The van der Waals surface area contributed by atoms with Crippen LogP contribution in [0.5, 0.6) is 0 Å². The smallest absolute Gasteiger partial charge is 0.159 e. The number of nitrogens with zero attached hydrogens (tertiary/aromatic N) is 7. The molecule has 1 aromatic carbocycles. The molecule has 0 saturated carbocycles. The van der Waals surface area contributed by atoms with Gasteiger partial charge in [-0.15, -0.1) is 0 Å². The highest BCUT2D eigenvalue weighted by Crippen LogP contribution is 2.40. The fourth-order valence-corrected chi connectivity index (χ4v) is 5.53. The topological polar surface area (TPSA) is 64.7 Å². The van der Waals surface area contributed by atoms with E-state index < -0.39 is 6.17 Å². The Morgan fingerprint density at radius 2 is 1.59 bits per heavy atom. The second-order valence-corrected chi connectivity index (χ2v) is 9.55. The van der Waals surface area contributed by atoms with Gasteiger partial charge in [-0.05, 0) is 37.9 Å². The van der Waals surface area contributed by atoms with Crippen molar-refractivity contribution in [3.63, 3.8) is 0 Å². The van der Waals surface area contributed by atoms with Crippen molar-refractivity contribution in [3.05, 3.63) is 61.4 Å². The molecule has 5 heterocycles. The molecule has 6 rings (SSSR count). The Hall–Kier alpha value is -3.39. The van der Waals surface area contributed by atoms with Crippen LogP contribution in [-0.4, -0.2) is 59.7 Å². The average Bonchev–Trinajstić information content (AvgIpc) is 3.52. The molecule has 3 aromatic heterocycles. The molecular formula is C26H28FN7. The summed E-state index contributed by atoms with van der Waals surface area (Å²) in [5, 5.41) is 8.79. The van der Waals surface area contributed by atoms with E-state index in [1.165, 1.54) is 0 Å². The van der Waals surface area contributed by atoms with Gasteiger partial charge in [0.2, 0.25) is 0 Å². The lowest BCUT2D eigenvalue weighted by molar-refractivity contribution is -0.0284. The molecule has 8 heteroatoms. The van der Waals surface area contributed by atoms with Crippen LogP contribution in [-0.2, 0) is 7.05 Å². The van der Waals surface area contributed by atoms with E-state index in [0.29, 0.717) is 11.9 Å². The molecule has 7 nitrogen and oxygen atoms in total. The Morgan fingerprint density at radius 3 is 2.38 bits per heavy atom. The molecule has 34 heavy (non-hydrogen) atoms. The Bertz CT molecular complexity index is 1290. The Kier molecular flexibility index (Phi) is 5.25. The summed E-state index contributed by atoms with van der Waals surface area (Å²) in [7, 11) is 3.97. The lowest BCUT2D eigenvalue weighted by atomic mass is 9.81. The first kappa shape index (κ1) is 21.2. The van der Waals surface area contributed by atoms with E-state index in [9.17, 15) is 0 Å². The van der Waals surface area contributed by atoms with Crippen LogP contribution in [0.25, 0.3) is 33.6 Å². The second kappa shape index (κ2) is 8.43. The molecule has 0 amide bonds. The molecule has 174 valence electrons. The zero-order valence-corrected chi connectivity index (χ0v) is 19.4. The van der Waals surface area contributed by atoms with Crippen molar-refractivity contribution >= 4 is 0 Å². The minimum Gasteiger partial charge on any atom is -0.297 e. The van der Waals surface area contributed by atoms with Gasteiger partial charge in [-0.1, -0.05) is 24.6 Å². The number of fused-ring (bicyclic) bond motifs is 2. The first-order valence-corrected chi connectivity index (χ1v) is 11.9. The normalized spacial score (nSPS) is 24.9. The number of aryl methyl sites for hydroxylation is 1. The molecule has 4 aromatic rings. The lowest BCUT2D eigenvalue weighted by Gasteiger charge is -2.48. The number of benzene rings is 1. The van der Waals surface area contributed by atoms with Gasteiger partial charge in [-0.25, -0.2) is 14.4 Å². The molecule has 0 spiro atoms. The van der Waals surface area contributed by atoms with Gasteiger partial charge in [0.05, 0.1) is 18.4 Å². The van der Waals surface area contributed by atoms with Crippen LogP contribution in [0.15, 0.2) is 61.4 Å². The maximum atomic E-state index is 15.3. The predicted octanol–water partition coefficient (Wildman–Crippen LogP) is 4.54. The predicted molar refractivity (Wildman–Crippen MR) is 129 cm³/mol. The number of hydrogen-bond acceptors (Lipinski definition) is 5. The van der Waals surface area contributed by atoms with Crippen LogP contribution in [0.4, 0.5) is 4.39 Å². The number of halogens is 1.